The van der Waals surface area contributed by atoms with E-state index in [2.05, 4.69) is 6.58 Å². The number of hydroxylamine groups is 4. The second-order valence-electron chi connectivity index (χ2n) is 2.91. The van der Waals surface area contributed by atoms with Gasteiger partial charge < -0.3 is 9.90 Å². The number of carbonyl (C=O) groups is 1. The minimum atomic E-state index is -1.29. The first-order chi connectivity index (χ1) is 5.89. The highest BCUT2D eigenvalue weighted by Gasteiger charge is 2.18. The first-order valence-corrected chi connectivity index (χ1v) is 4.10. The smallest absolute Gasteiger partial charge is 0.142 e. The van der Waals surface area contributed by atoms with Gasteiger partial charge in [0.05, 0.1) is 5.97 Å². The fourth-order valence-corrected chi connectivity index (χ4v) is 0.806. The van der Waals surface area contributed by atoms with E-state index in [0.717, 1.165) is 0 Å². The molecule has 2 N–H and O–H groups in total. The summed E-state index contributed by atoms with van der Waals surface area (Å²) in [6.45, 7) is 5.14. The van der Waals surface area contributed by atoms with Crippen LogP contribution in [-0.2, 0) is 4.79 Å². The van der Waals surface area contributed by atoms with Gasteiger partial charge in [-0.05, 0) is 23.7 Å². The SMILES string of the molecule is C=C(CCC[N+](O)(O)CC)C(=O)[O-]. The number of hydrogen-bond acceptors (Lipinski definition) is 4. The molecule has 76 valence electrons. The monoisotopic (exact) mass is 189 g/mol. The van der Waals surface area contributed by atoms with Gasteiger partial charge in [0.15, 0.2) is 0 Å². The second-order valence-corrected chi connectivity index (χ2v) is 2.91. The average Bonchev–Trinajstić information content (AvgIpc) is 2.04. The molecule has 0 aromatic rings. The lowest BCUT2D eigenvalue weighted by Crippen LogP contribution is -2.41. The van der Waals surface area contributed by atoms with Crippen LogP contribution in [-0.4, -0.2) is 34.3 Å². The summed E-state index contributed by atoms with van der Waals surface area (Å²) in [6.07, 6.45) is 0.567. The number of rotatable bonds is 6. The molecule has 0 radical (unpaired) electrons. The molecule has 0 fully saturated rings. The van der Waals surface area contributed by atoms with Crippen molar-refractivity contribution in [2.75, 3.05) is 13.1 Å². The van der Waals surface area contributed by atoms with Crippen LogP contribution in [0.5, 0.6) is 0 Å². The minimum absolute atomic E-state index is 0.0175. The summed E-state index contributed by atoms with van der Waals surface area (Å²) in [5.41, 5.74) is -0.0175. The largest absolute Gasteiger partial charge is 0.545 e. The highest BCUT2D eigenvalue weighted by molar-refractivity contribution is 5.83. The van der Waals surface area contributed by atoms with E-state index in [1.165, 1.54) is 0 Å². The van der Waals surface area contributed by atoms with Crippen LogP contribution in [0.1, 0.15) is 19.8 Å². The molecule has 0 saturated heterocycles. The van der Waals surface area contributed by atoms with Gasteiger partial charge in [-0.2, -0.15) is 10.4 Å². The van der Waals surface area contributed by atoms with Crippen molar-refractivity contribution < 1.29 is 25.1 Å². The molecule has 0 aromatic heterocycles. The van der Waals surface area contributed by atoms with Crippen LogP contribution in [0, 0.1) is 0 Å². The Morgan fingerprint density at radius 1 is 1.54 bits per heavy atom. The third-order valence-electron chi connectivity index (χ3n) is 1.79. The molecular formula is C8H15NO4. The van der Waals surface area contributed by atoms with Gasteiger partial charge >= 0.3 is 0 Å². The Balaban J connectivity index is 3.68. The molecule has 0 rings (SSSR count). The van der Waals surface area contributed by atoms with Crippen LogP contribution in [0.25, 0.3) is 0 Å². The number of carboxylic acids is 1. The Morgan fingerprint density at radius 3 is 2.46 bits per heavy atom. The maximum atomic E-state index is 10.2. The van der Waals surface area contributed by atoms with Gasteiger partial charge in [-0.25, -0.2) is 0 Å². The molecule has 0 aliphatic rings. The minimum Gasteiger partial charge on any atom is -0.545 e. The van der Waals surface area contributed by atoms with Crippen LogP contribution in [0.15, 0.2) is 12.2 Å². The molecule has 0 aliphatic carbocycles. The van der Waals surface area contributed by atoms with Crippen LogP contribution < -0.4 is 5.11 Å². The first-order valence-electron chi connectivity index (χ1n) is 4.10. The van der Waals surface area contributed by atoms with E-state index in [-0.39, 0.29) is 25.1 Å². The molecule has 0 bridgehead atoms. The highest BCUT2D eigenvalue weighted by Crippen LogP contribution is 2.05. The van der Waals surface area contributed by atoms with Gasteiger partial charge in [0.2, 0.25) is 0 Å². The van der Waals surface area contributed by atoms with Gasteiger partial charge in [-0.1, -0.05) is 6.58 Å². The zero-order chi connectivity index (χ0) is 10.5. The van der Waals surface area contributed by atoms with E-state index in [0.29, 0.717) is 6.42 Å². The summed E-state index contributed by atoms with van der Waals surface area (Å²) < 4.78 is 0. The van der Waals surface area contributed by atoms with Crippen molar-refractivity contribution in [3.05, 3.63) is 12.2 Å². The molecule has 0 heterocycles. The van der Waals surface area contributed by atoms with Gasteiger partial charge in [0.1, 0.15) is 13.1 Å². The van der Waals surface area contributed by atoms with E-state index < -0.39 is 10.8 Å². The summed E-state index contributed by atoms with van der Waals surface area (Å²) in [5.74, 6) is -1.29. The Kier molecular flexibility index (Phi) is 4.61. The zero-order valence-electron chi connectivity index (χ0n) is 7.69. The molecular weight excluding hydrogens is 174 g/mol. The number of aliphatic carboxylic acids is 1. The predicted molar refractivity (Wildman–Crippen MR) is 42.6 cm³/mol. The predicted octanol–water partition coefficient (Wildman–Crippen LogP) is -0.312. The molecule has 5 nitrogen and oxygen atoms in total. The third kappa shape index (κ3) is 5.35. The molecule has 0 unspecified atom stereocenters. The van der Waals surface area contributed by atoms with Crippen molar-refractivity contribution in [1.29, 1.82) is 0 Å². The van der Waals surface area contributed by atoms with E-state index in [4.69, 9.17) is 10.4 Å². The number of quaternary nitrogens is 1. The maximum absolute atomic E-state index is 10.2. The van der Waals surface area contributed by atoms with Crippen LogP contribution >= 0.6 is 0 Å². The van der Waals surface area contributed by atoms with Crippen molar-refractivity contribution in [2.24, 2.45) is 0 Å². The Labute approximate surface area is 77.0 Å². The Bertz CT molecular complexity index is 200. The standard InChI is InChI=1S/C8H15NO4/c1-3-9(12,13)6-4-5-7(2)8(10)11/h12-13H,2-6H2,1H3. The molecule has 5 heteroatoms. The average molecular weight is 189 g/mol. The van der Waals surface area contributed by atoms with Crippen molar-refractivity contribution in [3.63, 3.8) is 0 Å². The molecule has 0 amide bonds. The van der Waals surface area contributed by atoms with E-state index in [1.807, 2.05) is 0 Å². The normalized spacial score (nSPS) is 11.3. The lowest BCUT2D eigenvalue weighted by Gasteiger charge is -2.19. The summed E-state index contributed by atoms with van der Waals surface area (Å²) >= 11 is 0. The lowest BCUT2D eigenvalue weighted by molar-refractivity contribution is -1.24. The second kappa shape index (κ2) is 4.96. The number of nitrogens with zero attached hydrogens (tertiary/aromatic N) is 1. The molecule has 0 aliphatic heterocycles. The fourth-order valence-electron chi connectivity index (χ4n) is 0.806. The molecule has 0 saturated carbocycles. The molecule has 0 spiro atoms. The Hall–Kier alpha value is -0.910. The fraction of sp³-hybridized carbons (Fsp3) is 0.625. The Morgan fingerprint density at radius 2 is 2.08 bits per heavy atom. The van der Waals surface area contributed by atoms with E-state index in [9.17, 15) is 9.90 Å². The highest BCUT2D eigenvalue weighted by atomic mass is 16.8. The van der Waals surface area contributed by atoms with Crippen molar-refractivity contribution in [1.82, 2.24) is 0 Å². The number of carboxylic acid groups (broad SMARTS) is 1. The van der Waals surface area contributed by atoms with E-state index >= 15 is 0 Å². The zero-order valence-corrected chi connectivity index (χ0v) is 7.69. The van der Waals surface area contributed by atoms with Gasteiger partial charge in [-0.3, -0.25) is 0 Å². The van der Waals surface area contributed by atoms with Crippen LogP contribution in [0.3, 0.4) is 0 Å². The summed E-state index contributed by atoms with van der Waals surface area (Å²) in [7, 11) is 0. The number of hydrogen-bond donors (Lipinski definition) is 2. The van der Waals surface area contributed by atoms with Gasteiger partial charge in [-0.15, -0.1) is 0 Å². The molecule has 13 heavy (non-hydrogen) atoms. The number of carbonyl (C=O) groups excluding carboxylic acids is 1. The van der Waals surface area contributed by atoms with Crippen molar-refractivity contribution in [2.45, 2.75) is 19.8 Å². The van der Waals surface area contributed by atoms with Crippen LogP contribution in [0.4, 0.5) is 0 Å². The quantitative estimate of drug-likeness (QED) is 0.341. The van der Waals surface area contributed by atoms with Gasteiger partial charge in [0.25, 0.3) is 0 Å². The van der Waals surface area contributed by atoms with E-state index in [1.54, 1.807) is 6.92 Å². The first kappa shape index (κ1) is 12.1. The third-order valence-corrected chi connectivity index (χ3v) is 1.79. The van der Waals surface area contributed by atoms with Crippen molar-refractivity contribution in [3.8, 4) is 0 Å². The summed E-state index contributed by atoms with van der Waals surface area (Å²) in [5, 5.41) is 28.3. The summed E-state index contributed by atoms with van der Waals surface area (Å²) in [6, 6.07) is 0. The molecule has 0 atom stereocenters. The topological polar surface area (TPSA) is 80.6 Å². The van der Waals surface area contributed by atoms with Crippen LogP contribution in [0.2, 0.25) is 0 Å². The van der Waals surface area contributed by atoms with Gasteiger partial charge in [0, 0.05) is 6.42 Å². The van der Waals surface area contributed by atoms with Crippen molar-refractivity contribution >= 4 is 5.97 Å². The lowest BCUT2D eigenvalue weighted by atomic mass is 10.1. The maximum Gasteiger partial charge on any atom is 0.142 e. The molecule has 0 aromatic carbocycles. The summed E-state index contributed by atoms with van der Waals surface area (Å²) in [4.78, 5) is 9.10.